The Hall–Kier alpha value is -2.57. The van der Waals surface area contributed by atoms with Gasteiger partial charge in [0, 0.05) is 57.8 Å². The summed E-state index contributed by atoms with van der Waals surface area (Å²) < 4.78 is 54.7. The number of nitrogens with zero attached hydrogens (tertiary/aromatic N) is 1. The van der Waals surface area contributed by atoms with Gasteiger partial charge < -0.3 is 43.9 Å². The maximum absolute atomic E-state index is 14.4. The van der Waals surface area contributed by atoms with Crippen molar-refractivity contribution in [2.45, 2.75) is 173 Å². The summed E-state index contributed by atoms with van der Waals surface area (Å²) in [5.74, 6) is -8.51. The Morgan fingerprint density at radius 3 is 2.23 bits per heavy atom. The van der Waals surface area contributed by atoms with Crippen LogP contribution < -0.4 is 0 Å². The predicted octanol–water partition coefficient (Wildman–Crippen LogP) is 4.28. The van der Waals surface area contributed by atoms with Crippen LogP contribution in [0.4, 0.5) is 0 Å². The molecule has 0 unspecified atom stereocenters. The SMILES string of the molecule is CCS(=O)(=O)CCC[C@@H]1/C=C(\C)C[C@H](C)C[C@H](OC)[C@H]2O[C@@](O)(C(=O)C(=O)N3CCCC[C@H]3C(=O)O[C@H](/C(C)=C/[C@@H]3CC[C@@H](O)[C@H](OC)C3)[C@H](C)[C@@H](O)CC1=O)[C@H](C)C[C@@H]2OC. The molecule has 3 aliphatic heterocycles. The van der Waals surface area contributed by atoms with Crippen molar-refractivity contribution in [3.05, 3.63) is 23.3 Å². The monoisotopic (exact) mass is 897 g/mol. The van der Waals surface area contributed by atoms with Crippen LogP contribution in [0.15, 0.2) is 23.3 Å². The van der Waals surface area contributed by atoms with Crippen molar-refractivity contribution in [1.29, 1.82) is 0 Å². The second-order valence-corrected chi connectivity index (χ2v) is 21.1. The number of ketones is 2. The molecule has 354 valence electrons. The van der Waals surface area contributed by atoms with Crippen LogP contribution in [0.3, 0.4) is 0 Å². The van der Waals surface area contributed by atoms with Gasteiger partial charge in [-0.2, -0.15) is 0 Å². The summed E-state index contributed by atoms with van der Waals surface area (Å²) in [6.45, 7) is 10.6. The minimum atomic E-state index is -3.30. The van der Waals surface area contributed by atoms with E-state index in [4.69, 9.17) is 23.7 Å². The van der Waals surface area contributed by atoms with E-state index < -0.39 is 99.8 Å². The largest absolute Gasteiger partial charge is 0.456 e. The van der Waals surface area contributed by atoms with Gasteiger partial charge in [0.05, 0.1) is 36.3 Å². The van der Waals surface area contributed by atoms with Crippen LogP contribution in [0.5, 0.6) is 0 Å². The molecule has 1 saturated carbocycles. The van der Waals surface area contributed by atoms with E-state index in [2.05, 4.69) is 0 Å². The molecule has 0 aromatic heterocycles. The summed E-state index contributed by atoms with van der Waals surface area (Å²) in [6.07, 6.45) is 2.39. The Balaban J connectivity index is 1.80. The zero-order chi connectivity index (χ0) is 46.1. The number of methoxy groups -OCH3 is 3. The highest BCUT2D eigenvalue weighted by Gasteiger charge is 2.56. The van der Waals surface area contributed by atoms with Crippen LogP contribution in [-0.4, -0.2) is 146 Å². The molecule has 16 heteroatoms. The second-order valence-electron chi connectivity index (χ2n) is 18.6. The van der Waals surface area contributed by atoms with Crippen LogP contribution in [0.25, 0.3) is 0 Å². The number of fused-ring (bicyclic) bond motifs is 3. The number of Topliss-reactive ketones (excluding diaryl/α,β-unsaturated/α-hetero) is 2. The van der Waals surface area contributed by atoms with Gasteiger partial charge in [-0.05, 0) is 102 Å². The van der Waals surface area contributed by atoms with Gasteiger partial charge in [0.2, 0.25) is 5.79 Å². The minimum absolute atomic E-state index is 0.0126. The lowest BCUT2D eigenvalue weighted by molar-refractivity contribution is -0.302. The van der Waals surface area contributed by atoms with E-state index in [1.165, 1.54) is 14.2 Å². The van der Waals surface area contributed by atoms with E-state index in [1.807, 2.05) is 26.0 Å². The quantitative estimate of drug-likeness (QED) is 0.159. The topological polar surface area (TPSA) is 212 Å². The van der Waals surface area contributed by atoms with E-state index in [9.17, 15) is 42.9 Å². The number of hydrogen-bond acceptors (Lipinski definition) is 14. The third-order valence-electron chi connectivity index (χ3n) is 13.9. The molecule has 4 rings (SSSR count). The van der Waals surface area contributed by atoms with Crippen LogP contribution >= 0.6 is 0 Å². The first-order valence-corrected chi connectivity index (χ1v) is 24.5. The number of rotatable bonds is 10. The second kappa shape index (κ2) is 23.1. The van der Waals surface area contributed by atoms with E-state index >= 15 is 0 Å². The Bertz CT molecular complexity index is 1720. The van der Waals surface area contributed by atoms with Crippen molar-refractivity contribution in [2.24, 2.45) is 29.6 Å². The molecule has 0 spiro atoms. The zero-order valence-corrected chi connectivity index (χ0v) is 39.3. The molecule has 0 aromatic rings. The summed E-state index contributed by atoms with van der Waals surface area (Å²) in [5.41, 5.74) is 1.47. The molecule has 62 heavy (non-hydrogen) atoms. The van der Waals surface area contributed by atoms with E-state index in [0.29, 0.717) is 50.5 Å². The van der Waals surface area contributed by atoms with Gasteiger partial charge >= 0.3 is 5.97 Å². The molecular formula is C46H75NO14S. The van der Waals surface area contributed by atoms with Crippen LogP contribution in [0, 0.1) is 29.6 Å². The fourth-order valence-corrected chi connectivity index (χ4v) is 10.9. The van der Waals surface area contributed by atoms with Crippen LogP contribution in [0.1, 0.15) is 119 Å². The fourth-order valence-electron chi connectivity index (χ4n) is 9.96. The van der Waals surface area contributed by atoms with Crippen molar-refractivity contribution in [2.75, 3.05) is 39.4 Å². The normalized spacial score (nSPS) is 39.0. The highest BCUT2D eigenvalue weighted by atomic mass is 32.2. The lowest BCUT2D eigenvalue weighted by atomic mass is 9.81. The summed E-state index contributed by atoms with van der Waals surface area (Å²) in [5, 5.41) is 34.4. The number of carbonyl (C=O) groups excluding carboxylic acids is 4. The molecule has 3 fully saturated rings. The molecule has 4 aliphatic rings. The fraction of sp³-hybridized carbons (Fsp3) is 0.826. The summed E-state index contributed by atoms with van der Waals surface area (Å²) >= 11 is 0. The number of amides is 1. The third-order valence-corrected chi connectivity index (χ3v) is 15.7. The van der Waals surface area contributed by atoms with Gasteiger partial charge in [-0.1, -0.05) is 45.4 Å². The molecule has 2 saturated heterocycles. The van der Waals surface area contributed by atoms with Gasteiger partial charge in [-0.15, -0.1) is 0 Å². The molecule has 1 aliphatic carbocycles. The number of sulfone groups is 1. The average molecular weight is 898 g/mol. The highest BCUT2D eigenvalue weighted by molar-refractivity contribution is 7.91. The van der Waals surface area contributed by atoms with Crippen molar-refractivity contribution >= 4 is 33.3 Å². The summed E-state index contributed by atoms with van der Waals surface area (Å²) in [7, 11) is 1.25. The van der Waals surface area contributed by atoms with Gasteiger partial charge in [0.15, 0.2) is 0 Å². The predicted molar refractivity (Wildman–Crippen MR) is 231 cm³/mol. The lowest BCUT2D eigenvalue weighted by Crippen LogP contribution is -2.64. The molecule has 14 atom stereocenters. The number of cyclic esters (lactones) is 1. The van der Waals surface area contributed by atoms with Gasteiger partial charge in [0.25, 0.3) is 11.7 Å². The van der Waals surface area contributed by atoms with Crippen molar-refractivity contribution < 1.29 is 66.6 Å². The molecule has 3 heterocycles. The number of aliphatic hydroxyl groups is 3. The van der Waals surface area contributed by atoms with E-state index in [-0.39, 0.29) is 67.8 Å². The Kier molecular flexibility index (Phi) is 19.4. The number of piperidine rings is 1. The standard InChI is InChI=1S/C46H75NO14S/c1-10-62(55,56)19-13-14-33-21-27(2)20-28(3)22-39(58-8)42-40(59-9)24-30(5)46(54,61-42)43(51)44(52)47-18-12-11-15-34(47)45(53)60-41(31(6)36(49)26-37(33)50)29(4)23-32-16-17-35(48)38(25-32)57-7/h21,23,28,30-36,38-42,48-49,54H,10-20,22,24-26H2,1-9H3/b27-21+,29-23+/t28-,30+,31+,32-,33+,34-,35+,36-,38+,39-,40-,41+,42+,46+/m0/s1. The first-order chi connectivity index (χ1) is 29.2. The zero-order valence-electron chi connectivity index (χ0n) is 38.5. The number of esters is 1. The smallest absolute Gasteiger partial charge is 0.329 e. The highest BCUT2D eigenvalue weighted by Crippen LogP contribution is 2.39. The Labute approximate surface area is 369 Å². The van der Waals surface area contributed by atoms with Crippen LogP contribution in [0.2, 0.25) is 0 Å². The van der Waals surface area contributed by atoms with Gasteiger partial charge in [-0.3, -0.25) is 14.4 Å². The minimum Gasteiger partial charge on any atom is -0.456 e. The van der Waals surface area contributed by atoms with Crippen LogP contribution in [-0.2, 0) is 52.7 Å². The van der Waals surface area contributed by atoms with Crippen molar-refractivity contribution in [1.82, 2.24) is 4.90 Å². The number of ether oxygens (including phenoxy) is 5. The molecule has 1 amide bonds. The number of hydrogen-bond donors (Lipinski definition) is 3. The first kappa shape index (κ1) is 52.1. The molecule has 0 radical (unpaired) electrons. The Morgan fingerprint density at radius 1 is 0.919 bits per heavy atom. The number of aliphatic hydroxyl groups excluding tert-OH is 2. The summed E-state index contributed by atoms with van der Waals surface area (Å²) in [6, 6.07) is -1.19. The number of carbonyl (C=O) groups is 4. The van der Waals surface area contributed by atoms with Gasteiger partial charge in [-0.25, -0.2) is 13.2 Å². The van der Waals surface area contributed by atoms with Crippen molar-refractivity contribution in [3.8, 4) is 0 Å². The van der Waals surface area contributed by atoms with Gasteiger partial charge in [0.1, 0.15) is 33.9 Å². The molecular weight excluding hydrogens is 823 g/mol. The van der Waals surface area contributed by atoms with E-state index in [1.54, 1.807) is 34.8 Å². The first-order valence-electron chi connectivity index (χ1n) is 22.7. The van der Waals surface area contributed by atoms with E-state index in [0.717, 1.165) is 10.5 Å². The third kappa shape index (κ3) is 13.0. The maximum Gasteiger partial charge on any atom is 0.329 e. The molecule has 2 bridgehead atoms. The molecule has 3 N–H and O–H groups in total. The summed E-state index contributed by atoms with van der Waals surface area (Å²) in [4.78, 5) is 58.4. The average Bonchev–Trinajstić information content (AvgIpc) is 3.24. The lowest BCUT2D eigenvalue weighted by Gasteiger charge is -2.47. The van der Waals surface area contributed by atoms with Crippen molar-refractivity contribution in [3.63, 3.8) is 0 Å². The number of allylic oxidation sites excluding steroid dienone is 3. The maximum atomic E-state index is 14.4. The molecule has 15 nitrogen and oxygen atoms in total. The Morgan fingerprint density at radius 2 is 1.58 bits per heavy atom. The molecule has 0 aromatic carbocycles.